The van der Waals surface area contributed by atoms with E-state index in [1.165, 1.54) is 0 Å². The van der Waals surface area contributed by atoms with Gasteiger partial charge in [-0.2, -0.15) is 0 Å². The Morgan fingerprint density at radius 3 is 2.69 bits per heavy atom. The largest absolute Gasteiger partial charge is 0.392 e. The molecule has 11 atom stereocenters. The van der Waals surface area contributed by atoms with Gasteiger partial charge in [0.15, 0.2) is 0 Å². The van der Waals surface area contributed by atoms with Gasteiger partial charge in [-0.1, -0.05) is 20.4 Å². The molecule has 6 fully saturated rings. The third kappa shape index (κ3) is 1.37. The fourth-order valence-electron chi connectivity index (χ4n) is 9.97. The maximum atomic E-state index is 11.5. The summed E-state index contributed by atoms with van der Waals surface area (Å²) < 4.78 is 0. The minimum absolute atomic E-state index is 0.0547. The molecule has 0 radical (unpaired) electrons. The monoisotopic (exact) mass is 359 g/mol. The van der Waals surface area contributed by atoms with Crippen LogP contribution in [0.4, 0.5) is 0 Å². The van der Waals surface area contributed by atoms with Crippen molar-refractivity contribution >= 4 is 0 Å². The standard InChI is InChI=1S/C22H33NO3/c1-4-23-10-20(3)6-5-17(25)22-15(20)7-13(18(22)23)21-9-12(11(2)19(21)26)14(24)8-16(21)22/h12-19,24-26H,2,4-10H2,1,3H3/t12-,13-,14-,15+,16+,17-,18+,19+,20-,21-,22-/m0/s1. The van der Waals surface area contributed by atoms with Crippen molar-refractivity contribution in [2.75, 3.05) is 13.1 Å². The number of piperidine rings is 1. The SMILES string of the molecule is C=C1[C@@H](O)[C@]23C[C@@H]1[C@@H](O)C[C@H]2[C@]12[C@@H]4C[C@H]3[C@H]1N(CC)C[C@]4(C)CC[C@@H]2O. The van der Waals surface area contributed by atoms with Crippen LogP contribution in [0.2, 0.25) is 0 Å². The summed E-state index contributed by atoms with van der Waals surface area (Å²) in [5.74, 6) is 1.26. The molecule has 1 aliphatic heterocycles. The van der Waals surface area contributed by atoms with Crippen molar-refractivity contribution in [2.24, 2.45) is 39.9 Å². The summed E-state index contributed by atoms with van der Waals surface area (Å²) >= 11 is 0. The highest BCUT2D eigenvalue weighted by molar-refractivity contribution is 5.39. The van der Waals surface area contributed by atoms with E-state index < -0.39 is 12.2 Å². The number of hydrogen-bond donors (Lipinski definition) is 3. The van der Waals surface area contributed by atoms with Crippen molar-refractivity contribution in [3.63, 3.8) is 0 Å². The molecule has 4 nitrogen and oxygen atoms in total. The maximum absolute atomic E-state index is 11.5. The van der Waals surface area contributed by atoms with Gasteiger partial charge in [-0.25, -0.2) is 0 Å². The van der Waals surface area contributed by atoms with Crippen LogP contribution in [-0.2, 0) is 0 Å². The zero-order valence-corrected chi connectivity index (χ0v) is 16.1. The van der Waals surface area contributed by atoms with Crippen LogP contribution < -0.4 is 0 Å². The number of aliphatic hydroxyl groups is 3. The lowest BCUT2D eigenvalue weighted by molar-refractivity contribution is -0.218. The third-order valence-electron chi connectivity index (χ3n) is 10.6. The molecule has 4 heteroatoms. The van der Waals surface area contributed by atoms with E-state index in [0.29, 0.717) is 17.9 Å². The summed E-state index contributed by atoms with van der Waals surface area (Å²) in [6, 6.07) is 0.373. The van der Waals surface area contributed by atoms with Crippen LogP contribution in [0.1, 0.15) is 46.0 Å². The van der Waals surface area contributed by atoms with Gasteiger partial charge < -0.3 is 15.3 Å². The van der Waals surface area contributed by atoms with Gasteiger partial charge in [-0.15, -0.1) is 0 Å². The lowest BCUT2D eigenvalue weighted by Crippen LogP contribution is -2.68. The van der Waals surface area contributed by atoms with Gasteiger partial charge in [0.1, 0.15) is 0 Å². The minimum Gasteiger partial charge on any atom is -0.392 e. The van der Waals surface area contributed by atoms with Crippen molar-refractivity contribution in [1.29, 1.82) is 0 Å². The number of fused-ring (bicyclic) bond motifs is 1. The Labute approximate surface area is 156 Å². The Bertz CT molecular complexity index is 695. The van der Waals surface area contributed by atoms with Crippen LogP contribution in [0, 0.1) is 39.9 Å². The minimum atomic E-state index is -0.500. The Morgan fingerprint density at radius 2 is 1.96 bits per heavy atom. The average Bonchev–Trinajstić information content (AvgIpc) is 3.14. The van der Waals surface area contributed by atoms with Crippen LogP contribution in [0.25, 0.3) is 0 Å². The lowest BCUT2D eigenvalue weighted by Gasteiger charge is -2.65. The second-order valence-corrected chi connectivity index (χ2v) is 10.9. The summed E-state index contributed by atoms with van der Waals surface area (Å²) in [4.78, 5) is 2.65. The highest BCUT2D eigenvalue weighted by atomic mass is 16.3. The molecule has 5 saturated carbocycles. The summed E-state index contributed by atoms with van der Waals surface area (Å²) in [6.07, 6.45) is 3.58. The fourth-order valence-corrected chi connectivity index (χ4v) is 9.97. The van der Waals surface area contributed by atoms with E-state index in [1.807, 2.05) is 0 Å². The maximum Gasteiger partial charge on any atom is 0.0813 e. The van der Waals surface area contributed by atoms with E-state index >= 15 is 0 Å². The predicted octanol–water partition coefficient (Wildman–Crippen LogP) is 1.79. The van der Waals surface area contributed by atoms with E-state index in [4.69, 9.17) is 0 Å². The number of aliphatic hydroxyl groups excluding tert-OH is 3. The Morgan fingerprint density at radius 1 is 1.19 bits per heavy atom. The molecule has 6 rings (SSSR count). The van der Waals surface area contributed by atoms with Gasteiger partial charge in [0.05, 0.1) is 18.3 Å². The average molecular weight is 360 g/mol. The number of hydrogen-bond acceptors (Lipinski definition) is 4. The molecule has 7 bridgehead atoms. The van der Waals surface area contributed by atoms with E-state index in [-0.39, 0.29) is 34.2 Å². The molecular weight excluding hydrogens is 326 g/mol. The first-order valence-corrected chi connectivity index (χ1v) is 10.8. The first-order chi connectivity index (χ1) is 12.3. The highest BCUT2D eigenvalue weighted by Crippen LogP contribution is 2.83. The summed E-state index contributed by atoms with van der Waals surface area (Å²) in [5.41, 5.74) is 0.849. The molecule has 2 spiro atoms. The van der Waals surface area contributed by atoms with E-state index in [0.717, 1.165) is 50.8 Å². The first kappa shape index (κ1) is 16.5. The second-order valence-electron chi connectivity index (χ2n) is 10.9. The van der Waals surface area contributed by atoms with Crippen LogP contribution in [0.15, 0.2) is 12.2 Å². The highest BCUT2D eigenvalue weighted by Gasteiger charge is 2.85. The van der Waals surface area contributed by atoms with E-state index in [9.17, 15) is 15.3 Å². The zero-order valence-electron chi connectivity index (χ0n) is 16.1. The molecule has 144 valence electrons. The van der Waals surface area contributed by atoms with Crippen molar-refractivity contribution in [1.82, 2.24) is 4.90 Å². The van der Waals surface area contributed by atoms with Crippen molar-refractivity contribution < 1.29 is 15.3 Å². The summed E-state index contributed by atoms with van der Waals surface area (Å²) in [6.45, 7) is 11.1. The van der Waals surface area contributed by atoms with Gasteiger partial charge in [0, 0.05) is 29.3 Å². The summed E-state index contributed by atoms with van der Waals surface area (Å²) in [5, 5.41) is 33.8. The number of nitrogens with zero attached hydrogens (tertiary/aromatic N) is 1. The molecule has 0 aromatic rings. The van der Waals surface area contributed by atoms with Gasteiger partial charge in [0.2, 0.25) is 0 Å². The molecule has 6 aliphatic rings. The molecule has 5 aliphatic carbocycles. The smallest absolute Gasteiger partial charge is 0.0813 e. The van der Waals surface area contributed by atoms with Gasteiger partial charge in [-0.05, 0) is 67.4 Å². The van der Waals surface area contributed by atoms with Gasteiger partial charge in [0.25, 0.3) is 0 Å². The molecule has 1 saturated heterocycles. The molecule has 0 aromatic carbocycles. The van der Waals surface area contributed by atoms with E-state index in [1.54, 1.807) is 0 Å². The van der Waals surface area contributed by atoms with Crippen LogP contribution in [-0.4, -0.2) is 57.7 Å². The van der Waals surface area contributed by atoms with Gasteiger partial charge in [-0.3, -0.25) is 4.90 Å². The van der Waals surface area contributed by atoms with E-state index in [2.05, 4.69) is 25.3 Å². The first-order valence-electron chi connectivity index (χ1n) is 10.8. The topological polar surface area (TPSA) is 63.9 Å². The molecule has 0 aromatic heterocycles. The molecular formula is C22H33NO3. The molecule has 0 unspecified atom stereocenters. The quantitative estimate of drug-likeness (QED) is 0.625. The lowest BCUT2D eigenvalue weighted by atomic mass is 9.43. The predicted molar refractivity (Wildman–Crippen MR) is 98.2 cm³/mol. The number of rotatable bonds is 1. The second kappa shape index (κ2) is 4.59. The third-order valence-corrected chi connectivity index (χ3v) is 10.6. The van der Waals surface area contributed by atoms with Crippen molar-refractivity contribution in [3.05, 3.63) is 12.2 Å². The van der Waals surface area contributed by atoms with Crippen LogP contribution >= 0.6 is 0 Å². The molecule has 3 N–H and O–H groups in total. The molecule has 0 amide bonds. The molecule has 26 heavy (non-hydrogen) atoms. The Hall–Kier alpha value is -0.420. The Kier molecular flexibility index (Phi) is 2.92. The van der Waals surface area contributed by atoms with Crippen molar-refractivity contribution in [2.45, 2.75) is 70.3 Å². The summed E-state index contributed by atoms with van der Waals surface area (Å²) in [7, 11) is 0. The number of likely N-dealkylation sites (tertiary alicyclic amines) is 1. The Balaban J connectivity index is 1.61. The van der Waals surface area contributed by atoms with Crippen molar-refractivity contribution in [3.8, 4) is 0 Å². The van der Waals surface area contributed by atoms with Crippen LogP contribution in [0.3, 0.4) is 0 Å². The zero-order chi connectivity index (χ0) is 18.2. The molecule has 1 heterocycles. The van der Waals surface area contributed by atoms with Gasteiger partial charge >= 0.3 is 0 Å². The normalized spacial score (nSPS) is 65.5. The van der Waals surface area contributed by atoms with Crippen LogP contribution in [0.5, 0.6) is 0 Å². The fraction of sp³-hybridized carbons (Fsp3) is 0.909.